The molecule has 0 saturated heterocycles. The van der Waals surface area contributed by atoms with Gasteiger partial charge in [-0.2, -0.15) is 0 Å². The minimum atomic E-state index is -0.282. The fourth-order valence-electron chi connectivity index (χ4n) is 2.70. The average Bonchev–Trinajstić information content (AvgIpc) is 2.76. The molecule has 1 aromatic carbocycles. The van der Waals surface area contributed by atoms with Crippen LogP contribution in [0.4, 0.5) is 5.95 Å². The molecule has 0 spiro atoms. The minimum absolute atomic E-state index is 0.282. The molecule has 0 bridgehead atoms. The highest BCUT2D eigenvalue weighted by Gasteiger charge is 2.11. The second kappa shape index (κ2) is 9.50. The number of benzene rings is 1. The number of amides is 1. The van der Waals surface area contributed by atoms with E-state index >= 15 is 0 Å². The number of carbonyl (C=O) groups is 1. The lowest BCUT2D eigenvalue weighted by Gasteiger charge is -2.11. The number of hydrogen-bond donors (Lipinski definition) is 2. The van der Waals surface area contributed by atoms with Crippen LogP contribution in [-0.4, -0.2) is 35.1 Å². The Kier molecular flexibility index (Phi) is 6.57. The largest absolute Gasteiger partial charge is 0.493 e. The number of aromatic nitrogens is 3. The Morgan fingerprint density at radius 1 is 1.00 bits per heavy atom. The molecule has 0 aliphatic carbocycles. The van der Waals surface area contributed by atoms with Crippen LogP contribution in [0, 0.1) is 6.92 Å². The minimum Gasteiger partial charge on any atom is -0.493 e. The molecule has 3 aromatic rings. The summed E-state index contributed by atoms with van der Waals surface area (Å²) in [5.74, 6) is 1.40. The standard InChI is InChI=1S/C21H23N5O3/c1-14-10-17(20(27)23-13-16-6-4-5-9-22-16)26-21(25-14)24-12-15-7-8-18(28-2)19(11-15)29-3/h4-11H,12-13H2,1-3H3,(H,23,27)(H,24,25,26). The van der Waals surface area contributed by atoms with Gasteiger partial charge in [-0.1, -0.05) is 12.1 Å². The van der Waals surface area contributed by atoms with Crippen molar-refractivity contribution < 1.29 is 14.3 Å². The summed E-state index contributed by atoms with van der Waals surface area (Å²) in [6.45, 7) is 2.62. The van der Waals surface area contributed by atoms with Crippen LogP contribution in [0.15, 0.2) is 48.7 Å². The number of pyridine rings is 1. The molecule has 3 rings (SSSR count). The van der Waals surface area contributed by atoms with Crippen molar-refractivity contribution in [2.24, 2.45) is 0 Å². The monoisotopic (exact) mass is 393 g/mol. The van der Waals surface area contributed by atoms with E-state index in [9.17, 15) is 4.79 Å². The van der Waals surface area contributed by atoms with E-state index in [-0.39, 0.29) is 5.91 Å². The summed E-state index contributed by atoms with van der Waals surface area (Å²) in [5, 5.41) is 5.97. The lowest BCUT2D eigenvalue weighted by Crippen LogP contribution is -2.25. The van der Waals surface area contributed by atoms with Crippen molar-refractivity contribution in [1.82, 2.24) is 20.3 Å². The predicted molar refractivity (Wildman–Crippen MR) is 109 cm³/mol. The first-order valence-corrected chi connectivity index (χ1v) is 9.07. The van der Waals surface area contributed by atoms with Crippen LogP contribution >= 0.6 is 0 Å². The highest BCUT2D eigenvalue weighted by atomic mass is 16.5. The molecule has 8 heteroatoms. The van der Waals surface area contributed by atoms with Gasteiger partial charge in [0.15, 0.2) is 11.5 Å². The summed E-state index contributed by atoms with van der Waals surface area (Å²) in [7, 11) is 3.19. The molecule has 0 atom stereocenters. The molecule has 2 aromatic heterocycles. The maximum atomic E-state index is 12.5. The third-order valence-corrected chi connectivity index (χ3v) is 4.14. The summed E-state index contributed by atoms with van der Waals surface area (Å²) < 4.78 is 10.6. The summed E-state index contributed by atoms with van der Waals surface area (Å²) >= 11 is 0. The third-order valence-electron chi connectivity index (χ3n) is 4.14. The molecule has 0 unspecified atom stereocenters. The highest BCUT2D eigenvalue weighted by Crippen LogP contribution is 2.27. The number of carbonyl (C=O) groups excluding carboxylic acids is 1. The third kappa shape index (κ3) is 5.41. The van der Waals surface area contributed by atoms with Crippen molar-refractivity contribution in [2.75, 3.05) is 19.5 Å². The molecular formula is C21H23N5O3. The Morgan fingerprint density at radius 3 is 2.55 bits per heavy atom. The smallest absolute Gasteiger partial charge is 0.270 e. The number of hydrogen-bond acceptors (Lipinski definition) is 7. The number of ether oxygens (including phenoxy) is 2. The van der Waals surface area contributed by atoms with Gasteiger partial charge >= 0.3 is 0 Å². The lowest BCUT2D eigenvalue weighted by molar-refractivity contribution is 0.0945. The van der Waals surface area contributed by atoms with Gasteiger partial charge in [0, 0.05) is 18.4 Å². The SMILES string of the molecule is COc1ccc(CNc2nc(C)cc(C(=O)NCc3ccccn3)n2)cc1OC. The van der Waals surface area contributed by atoms with E-state index in [2.05, 4.69) is 25.6 Å². The van der Waals surface area contributed by atoms with Crippen LogP contribution in [-0.2, 0) is 13.1 Å². The van der Waals surface area contributed by atoms with Crippen LogP contribution < -0.4 is 20.1 Å². The van der Waals surface area contributed by atoms with Crippen molar-refractivity contribution >= 4 is 11.9 Å². The summed E-state index contributed by atoms with van der Waals surface area (Å²) in [4.78, 5) is 25.3. The maximum Gasteiger partial charge on any atom is 0.270 e. The van der Waals surface area contributed by atoms with E-state index in [0.29, 0.717) is 41.9 Å². The number of anilines is 1. The van der Waals surface area contributed by atoms with Crippen molar-refractivity contribution in [3.05, 3.63) is 71.3 Å². The van der Waals surface area contributed by atoms with E-state index in [1.165, 1.54) is 0 Å². The van der Waals surface area contributed by atoms with Gasteiger partial charge in [-0.05, 0) is 42.8 Å². The predicted octanol–water partition coefficient (Wildman–Crippen LogP) is 2.74. The summed E-state index contributed by atoms with van der Waals surface area (Å²) in [6.07, 6.45) is 1.69. The Bertz CT molecular complexity index is 979. The van der Waals surface area contributed by atoms with Gasteiger partial charge in [0.1, 0.15) is 5.69 Å². The molecule has 150 valence electrons. The van der Waals surface area contributed by atoms with E-state index < -0.39 is 0 Å². The van der Waals surface area contributed by atoms with Crippen LogP contribution in [0.2, 0.25) is 0 Å². The van der Waals surface area contributed by atoms with E-state index in [4.69, 9.17) is 9.47 Å². The zero-order valence-corrected chi connectivity index (χ0v) is 16.6. The first-order chi connectivity index (χ1) is 14.1. The number of rotatable bonds is 8. The van der Waals surface area contributed by atoms with Crippen molar-refractivity contribution in [2.45, 2.75) is 20.0 Å². The fraction of sp³-hybridized carbons (Fsp3) is 0.238. The Hall–Kier alpha value is -3.68. The van der Waals surface area contributed by atoms with Crippen LogP contribution in [0.25, 0.3) is 0 Å². The van der Waals surface area contributed by atoms with E-state index in [1.54, 1.807) is 26.5 Å². The summed E-state index contributed by atoms with van der Waals surface area (Å²) in [6, 6.07) is 12.8. The Morgan fingerprint density at radius 2 is 1.83 bits per heavy atom. The molecule has 0 aliphatic rings. The molecule has 29 heavy (non-hydrogen) atoms. The van der Waals surface area contributed by atoms with Crippen molar-refractivity contribution in [1.29, 1.82) is 0 Å². The molecule has 8 nitrogen and oxygen atoms in total. The van der Waals surface area contributed by atoms with Crippen LogP contribution in [0.5, 0.6) is 11.5 Å². The molecule has 0 saturated carbocycles. The molecule has 0 radical (unpaired) electrons. The number of nitrogens with one attached hydrogen (secondary N) is 2. The van der Waals surface area contributed by atoms with E-state index in [0.717, 1.165) is 11.3 Å². The number of nitrogens with zero attached hydrogens (tertiary/aromatic N) is 3. The zero-order chi connectivity index (χ0) is 20.6. The highest BCUT2D eigenvalue weighted by molar-refractivity contribution is 5.92. The van der Waals surface area contributed by atoms with Gasteiger partial charge in [-0.15, -0.1) is 0 Å². The first-order valence-electron chi connectivity index (χ1n) is 9.07. The second-order valence-electron chi connectivity index (χ2n) is 6.26. The quantitative estimate of drug-likeness (QED) is 0.607. The normalized spacial score (nSPS) is 10.3. The summed E-state index contributed by atoms with van der Waals surface area (Å²) in [5.41, 5.74) is 2.73. The number of methoxy groups -OCH3 is 2. The molecule has 0 aliphatic heterocycles. The fourth-order valence-corrected chi connectivity index (χ4v) is 2.70. The first kappa shape index (κ1) is 20.1. The van der Waals surface area contributed by atoms with Crippen molar-refractivity contribution in [3.8, 4) is 11.5 Å². The molecule has 2 heterocycles. The van der Waals surface area contributed by atoms with Gasteiger partial charge in [0.25, 0.3) is 5.91 Å². The topological polar surface area (TPSA) is 98.3 Å². The van der Waals surface area contributed by atoms with Gasteiger partial charge < -0.3 is 20.1 Å². The van der Waals surface area contributed by atoms with Crippen molar-refractivity contribution in [3.63, 3.8) is 0 Å². The zero-order valence-electron chi connectivity index (χ0n) is 16.6. The number of aryl methyl sites for hydroxylation is 1. The Labute approximate surface area is 169 Å². The van der Waals surface area contributed by atoms with E-state index in [1.807, 2.05) is 43.3 Å². The second-order valence-corrected chi connectivity index (χ2v) is 6.26. The Balaban J connectivity index is 1.66. The van der Waals surface area contributed by atoms with Gasteiger partial charge in [-0.25, -0.2) is 9.97 Å². The molecular weight excluding hydrogens is 370 g/mol. The van der Waals surface area contributed by atoms with Gasteiger partial charge in [0.05, 0.1) is 26.5 Å². The molecule has 1 amide bonds. The molecule has 2 N–H and O–H groups in total. The molecule has 0 fully saturated rings. The average molecular weight is 393 g/mol. The van der Waals surface area contributed by atoms with Gasteiger partial charge in [-0.3, -0.25) is 9.78 Å². The van der Waals surface area contributed by atoms with Crippen LogP contribution in [0.1, 0.15) is 27.4 Å². The lowest BCUT2D eigenvalue weighted by atomic mass is 10.2. The van der Waals surface area contributed by atoms with Gasteiger partial charge in [0.2, 0.25) is 5.95 Å². The maximum absolute atomic E-state index is 12.5. The van der Waals surface area contributed by atoms with Crippen LogP contribution in [0.3, 0.4) is 0 Å².